The Hall–Kier alpha value is -2.68. The summed E-state index contributed by atoms with van der Waals surface area (Å²) in [6, 6.07) is 23.4. The molecule has 126 valence electrons. The molecule has 3 heteroatoms. The maximum atomic E-state index is 4.58. The lowest BCUT2D eigenvalue weighted by Gasteiger charge is -2.23. The summed E-state index contributed by atoms with van der Waals surface area (Å²) >= 11 is 0. The molecule has 0 aliphatic heterocycles. The van der Waals surface area contributed by atoms with Gasteiger partial charge in [0, 0.05) is 17.2 Å². The Morgan fingerprint density at radius 1 is 0.720 bits per heavy atom. The Morgan fingerprint density at radius 2 is 1.36 bits per heavy atom. The van der Waals surface area contributed by atoms with Crippen molar-refractivity contribution in [3.63, 3.8) is 0 Å². The van der Waals surface area contributed by atoms with Crippen molar-refractivity contribution in [1.82, 2.24) is 10.2 Å². The molecule has 2 aromatic carbocycles. The SMILES string of the molecule is c1ccc(-c2cc(NC3CCCCC3)nnc2-c2ccccc2)cc1. The number of nitrogens with one attached hydrogen (secondary N) is 1. The summed E-state index contributed by atoms with van der Waals surface area (Å²) in [6.45, 7) is 0. The molecule has 3 aromatic rings. The zero-order chi connectivity index (χ0) is 16.9. The van der Waals surface area contributed by atoms with Gasteiger partial charge in [0.15, 0.2) is 0 Å². The topological polar surface area (TPSA) is 37.8 Å². The fourth-order valence-electron chi connectivity index (χ4n) is 3.57. The number of hydrogen-bond donors (Lipinski definition) is 1. The molecule has 0 atom stereocenters. The fourth-order valence-corrected chi connectivity index (χ4v) is 3.57. The van der Waals surface area contributed by atoms with Crippen molar-refractivity contribution < 1.29 is 0 Å². The van der Waals surface area contributed by atoms with Crippen molar-refractivity contribution in [2.24, 2.45) is 0 Å². The molecule has 1 fully saturated rings. The van der Waals surface area contributed by atoms with Crippen molar-refractivity contribution in [2.45, 2.75) is 38.1 Å². The van der Waals surface area contributed by atoms with Crippen LogP contribution in [0.2, 0.25) is 0 Å². The number of aromatic nitrogens is 2. The predicted molar refractivity (Wildman–Crippen MR) is 103 cm³/mol. The van der Waals surface area contributed by atoms with Crippen LogP contribution in [0.3, 0.4) is 0 Å². The van der Waals surface area contributed by atoms with E-state index >= 15 is 0 Å². The van der Waals surface area contributed by atoms with E-state index in [4.69, 9.17) is 0 Å². The van der Waals surface area contributed by atoms with Gasteiger partial charge in [-0.05, 0) is 24.5 Å². The predicted octanol–water partition coefficient (Wildman–Crippen LogP) is 5.56. The quantitative estimate of drug-likeness (QED) is 0.681. The minimum Gasteiger partial charge on any atom is -0.366 e. The van der Waals surface area contributed by atoms with E-state index in [1.54, 1.807) is 0 Å². The van der Waals surface area contributed by atoms with Crippen LogP contribution in [-0.4, -0.2) is 16.2 Å². The second-order valence-electron chi connectivity index (χ2n) is 6.70. The van der Waals surface area contributed by atoms with E-state index in [1.807, 2.05) is 24.3 Å². The van der Waals surface area contributed by atoms with E-state index in [9.17, 15) is 0 Å². The maximum absolute atomic E-state index is 4.58. The first-order valence-electron chi connectivity index (χ1n) is 9.15. The van der Waals surface area contributed by atoms with E-state index in [2.05, 4.69) is 58.0 Å². The summed E-state index contributed by atoms with van der Waals surface area (Å²) in [4.78, 5) is 0. The minimum absolute atomic E-state index is 0.522. The van der Waals surface area contributed by atoms with Crippen LogP contribution in [0.15, 0.2) is 66.7 Å². The van der Waals surface area contributed by atoms with Gasteiger partial charge >= 0.3 is 0 Å². The Balaban J connectivity index is 1.72. The van der Waals surface area contributed by atoms with E-state index < -0.39 is 0 Å². The average Bonchev–Trinajstić information content (AvgIpc) is 2.70. The third-order valence-electron chi connectivity index (χ3n) is 4.88. The summed E-state index contributed by atoms with van der Waals surface area (Å²) in [5.74, 6) is 0.880. The second kappa shape index (κ2) is 7.47. The van der Waals surface area contributed by atoms with Crippen LogP contribution < -0.4 is 5.32 Å². The third-order valence-corrected chi connectivity index (χ3v) is 4.88. The molecule has 0 amide bonds. The Morgan fingerprint density at radius 3 is 2.04 bits per heavy atom. The lowest BCUT2D eigenvalue weighted by atomic mass is 9.95. The molecular formula is C22H23N3. The van der Waals surface area contributed by atoms with Crippen LogP contribution in [0, 0.1) is 0 Å². The van der Waals surface area contributed by atoms with Crippen LogP contribution >= 0.6 is 0 Å². The largest absolute Gasteiger partial charge is 0.366 e. The van der Waals surface area contributed by atoms with Crippen LogP contribution in [0.5, 0.6) is 0 Å². The van der Waals surface area contributed by atoms with E-state index in [0.717, 1.165) is 22.6 Å². The summed E-state index contributed by atoms with van der Waals surface area (Å²) in [5, 5.41) is 12.6. The van der Waals surface area contributed by atoms with Crippen LogP contribution in [-0.2, 0) is 0 Å². The first kappa shape index (κ1) is 15.8. The molecule has 0 spiro atoms. The van der Waals surface area contributed by atoms with Gasteiger partial charge in [-0.1, -0.05) is 79.9 Å². The highest BCUT2D eigenvalue weighted by Crippen LogP contribution is 2.32. The number of nitrogens with zero attached hydrogens (tertiary/aromatic N) is 2. The van der Waals surface area contributed by atoms with Crippen molar-refractivity contribution in [2.75, 3.05) is 5.32 Å². The molecule has 4 rings (SSSR count). The molecule has 1 aliphatic carbocycles. The average molecular weight is 329 g/mol. The molecule has 0 radical (unpaired) electrons. The Bertz CT molecular complexity index is 809. The molecular weight excluding hydrogens is 306 g/mol. The zero-order valence-electron chi connectivity index (χ0n) is 14.4. The Kier molecular flexibility index (Phi) is 4.73. The van der Waals surface area contributed by atoms with Gasteiger partial charge < -0.3 is 5.32 Å². The summed E-state index contributed by atoms with van der Waals surface area (Å²) in [7, 11) is 0. The maximum Gasteiger partial charge on any atom is 0.149 e. The normalized spacial score (nSPS) is 15.0. The number of hydrogen-bond acceptors (Lipinski definition) is 3. The Labute approximate surface area is 149 Å². The van der Waals surface area contributed by atoms with Gasteiger partial charge in [0.05, 0.1) is 0 Å². The molecule has 1 aliphatic rings. The fraction of sp³-hybridized carbons (Fsp3) is 0.273. The van der Waals surface area contributed by atoms with E-state index in [1.165, 1.54) is 37.7 Å². The molecule has 1 N–H and O–H groups in total. The smallest absolute Gasteiger partial charge is 0.149 e. The number of anilines is 1. The molecule has 1 heterocycles. The zero-order valence-corrected chi connectivity index (χ0v) is 14.4. The van der Waals surface area contributed by atoms with Crippen molar-refractivity contribution in [3.05, 3.63) is 66.7 Å². The molecule has 0 unspecified atom stereocenters. The minimum atomic E-state index is 0.522. The first-order valence-corrected chi connectivity index (χ1v) is 9.15. The highest BCUT2D eigenvalue weighted by molar-refractivity contribution is 5.81. The van der Waals surface area contributed by atoms with Gasteiger partial charge in [-0.2, -0.15) is 0 Å². The van der Waals surface area contributed by atoms with Gasteiger partial charge in [0.1, 0.15) is 11.5 Å². The lowest BCUT2D eigenvalue weighted by molar-refractivity contribution is 0.461. The van der Waals surface area contributed by atoms with Gasteiger partial charge in [0.25, 0.3) is 0 Å². The molecule has 1 aromatic heterocycles. The van der Waals surface area contributed by atoms with Crippen LogP contribution in [0.4, 0.5) is 5.82 Å². The van der Waals surface area contributed by atoms with Gasteiger partial charge in [-0.25, -0.2) is 0 Å². The van der Waals surface area contributed by atoms with Crippen molar-refractivity contribution >= 4 is 5.82 Å². The van der Waals surface area contributed by atoms with Gasteiger partial charge in [0.2, 0.25) is 0 Å². The number of rotatable bonds is 4. The van der Waals surface area contributed by atoms with Crippen LogP contribution in [0.1, 0.15) is 32.1 Å². The standard InChI is InChI=1S/C22H23N3/c1-4-10-17(11-5-1)20-16-21(23-19-14-8-3-9-15-19)24-25-22(20)18-12-6-2-7-13-18/h1-2,4-7,10-13,16,19H,3,8-9,14-15H2,(H,23,24). The van der Waals surface area contributed by atoms with Gasteiger partial charge in [-0.15, -0.1) is 10.2 Å². The molecule has 3 nitrogen and oxygen atoms in total. The second-order valence-corrected chi connectivity index (χ2v) is 6.70. The summed E-state index contributed by atoms with van der Waals surface area (Å²) in [5.41, 5.74) is 4.32. The monoisotopic (exact) mass is 329 g/mol. The van der Waals surface area contributed by atoms with E-state index in [0.29, 0.717) is 6.04 Å². The first-order chi connectivity index (χ1) is 12.4. The molecule has 0 saturated heterocycles. The third kappa shape index (κ3) is 3.71. The van der Waals surface area contributed by atoms with E-state index in [-0.39, 0.29) is 0 Å². The molecule has 1 saturated carbocycles. The highest BCUT2D eigenvalue weighted by atomic mass is 15.2. The summed E-state index contributed by atoms with van der Waals surface area (Å²) < 4.78 is 0. The van der Waals surface area contributed by atoms with Gasteiger partial charge in [-0.3, -0.25) is 0 Å². The van der Waals surface area contributed by atoms with Crippen molar-refractivity contribution in [3.8, 4) is 22.4 Å². The molecule has 25 heavy (non-hydrogen) atoms. The highest BCUT2D eigenvalue weighted by Gasteiger charge is 2.16. The molecule has 0 bridgehead atoms. The lowest BCUT2D eigenvalue weighted by Crippen LogP contribution is -2.23. The number of benzene rings is 2. The summed E-state index contributed by atoms with van der Waals surface area (Å²) in [6.07, 6.45) is 6.41. The van der Waals surface area contributed by atoms with Crippen LogP contribution in [0.25, 0.3) is 22.4 Å². The van der Waals surface area contributed by atoms with Crippen molar-refractivity contribution in [1.29, 1.82) is 0 Å².